The van der Waals surface area contributed by atoms with Crippen molar-refractivity contribution < 1.29 is 14.4 Å². The first-order valence-electron chi connectivity index (χ1n) is 8.41. The van der Waals surface area contributed by atoms with Gasteiger partial charge < -0.3 is 10.6 Å². The van der Waals surface area contributed by atoms with Crippen LogP contribution in [-0.4, -0.2) is 43.6 Å². The number of hydrogen-bond acceptors (Lipinski definition) is 6. The molecule has 0 radical (unpaired) electrons. The number of carbonyl (C=O) groups excluding carboxylic acids is 3. The molecule has 140 valence electrons. The molecule has 0 saturated carbocycles. The van der Waals surface area contributed by atoms with E-state index in [1.165, 1.54) is 12.7 Å². The Bertz CT molecular complexity index is 1060. The fourth-order valence-electron chi connectivity index (χ4n) is 2.81. The van der Waals surface area contributed by atoms with E-state index in [0.717, 1.165) is 4.90 Å². The van der Waals surface area contributed by atoms with E-state index in [2.05, 4.69) is 25.8 Å². The van der Waals surface area contributed by atoms with Gasteiger partial charge >= 0.3 is 6.03 Å². The monoisotopic (exact) mass is 377 g/mol. The molecule has 10 nitrogen and oxygen atoms in total. The summed E-state index contributed by atoms with van der Waals surface area (Å²) in [6.07, 6.45) is 2.94. The van der Waals surface area contributed by atoms with E-state index in [4.69, 9.17) is 0 Å². The molecule has 1 aromatic carbocycles. The van der Waals surface area contributed by atoms with Gasteiger partial charge in [0.25, 0.3) is 11.8 Å². The zero-order valence-corrected chi connectivity index (χ0v) is 14.7. The van der Waals surface area contributed by atoms with Crippen molar-refractivity contribution in [3.05, 3.63) is 60.8 Å². The summed E-state index contributed by atoms with van der Waals surface area (Å²) in [5.41, 5.74) is 0.769. The third-order valence-corrected chi connectivity index (χ3v) is 4.18. The molecular weight excluding hydrogens is 362 g/mol. The number of pyridine rings is 1. The van der Waals surface area contributed by atoms with E-state index in [9.17, 15) is 14.4 Å². The van der Waals surface area contributed by atoms with Gasteiger partial charge in [0, 0.05) is 0 Å². The highest BCUT2D eigenvalue weighted by molar-refractivity contribution is 6.23. The van der Waals surface area contributed by atoms with Gasteiger partial charge in [-0.25, -0.2) is 14.7 Å². The van der Waals surface area contributed by atoms with Crippen LogP contribution in [0.5, 0.6) is 0 Å². The van der Waals surface area contributed by atoms with Crippen molar-refractivity contribution in [2.75, 3.05) is 10.2 Å². The quantitative estimate of drug-likeness (QED) is 0.662. The number of nitrogens with zero attached hydrogens (tertiary/aromatic N) is 5. The van der Waals surface area contributed by atoms with Gasteiger partial charge in [-0.1, -0.05) is 18.2 Å². The van der Waals surface area contributed by atoms with Crippen LogP contribution in [-0.2, 0) is 4.79 Å². The third-order valence-electron chi connectivity index (χ3n) is 4.18. The molecule has 1 aliphatic heterocycles. The van der Waals surface area contributed by atoms with Gasteiger partial charge in [0.1, 0.15) is 30.2 Å². The van der Waals surface area contributed by atoms with Crippen LogP contribution in [0.25, 0.3) is 5.82 Å². The predicted molar refractivity (Wildman–Crippen MR) is 99.0 cm³/mol. The van der Waals surface area contributed by atoms with Crippen LogP contribution in [0.3, 0.4) is 0 Å². The number of urea groups is 1. The number of para-hydroxylation sites is 2. The van der Waals surface area contributed by atoms with E-state index >= 15 is 0 Å². The van der Waals surface area contributed by atoms with Crippen LogP contribution in [0.15, 0.2) is 55.1 Å². The number of anilines is 2. The number of rotatable bonds is 4. The number of carbonyl (C=O) groups is 3. The molecule has 2 N–H and O–H groups in total. The number of nitrogens with one attached hydrogen (secondary N) is 2. The zero-order chi connectivity index (χ0) is 19.7. The van der Waals surface area contributed by atoms with E-state index < -0.39 is 18.0 Å². The van der Waals surface area contributed by atoms with Gasteiger partial charge in [-0.2, -0.15) is 0 Å². The lowest BCUT2D eigenvalue weighted by Gasteiger charge is -2.17. The number of benzene rings is 1. The van der Waals surface area contributed by atoms with Crippen molar-refractivity contribution in [2.45, 2.75) is 13.0 Å². The Balaban J connectivity index is 1.62. The molecule has 3 heterocycles. The normalized spacial score (nSPS) is 16.2. The van der Waals surface area contributed by atoms with Crippen molar-refractivity contribution in [1.82, 2.24) is 25.1 Å². The maximum Gasteiger partial charge on any atom is 0.329 e. The molecule has 0 aliphatic carbocycles. The standard InChI is InChI=1S/C18H15N7O3/c1-11-17(27)25(18(28)21-11)14-7-3-2-5-12(14)23-16(26)13-6-4-8-15(22-13)24-9-19-20-10-24/h2-11H,1H3,(H,21,28)(H,23,26). The Hall–Kier alpha value is -4.08. The van der Waals surface area contributed by atoms with Crippen LogP contribution in [0.2, 0.25) is 0 Å². The smallest absolute Gasteiger partial charge is 0.326 e. The second-order valence-electron chi connectivity index (χ2n) is 6.07. The minimum Gasteiger partial charge on any atom is -0.326 e. The van der Waals surface area contributed by atoms with Gasteiger partial charge in [0.05, 0.1) is 11.4 Å². The molecule has 10 heteroatoms. The highest BCUT2D eigenvalue weighted by atomic mass is 16.2. The average Bonchev–Trinajstić information content (AvgIpc) is 3.32. The molecule has 1 atom stereocenters. The summed E-state index contributed by atoms with van der Waals surface area (Å²) in [7, 11) is 0. The third kappa shape index (κ3) is 3.07. The number of amides is 4. The molecule has 1 unspecified atom stereocenters. The molecular formula is C18H15N7O3. The number of aromatic nitrogens is 4. The number of hydrogen-bond donors (Lipinski definition) is 2. The van der Waals surface area contributed by atoms with Crippen LogP contribution >= 0.6 is 0 Å². The van der Waals surface area contributed by atoms with E-state index in [1.807, 2.05) is 0 Å². The second kappa shape index (κ2) is 6.91. The maximum absolute atomic E-state index is 12.7. The SMILES string of the molecule is CC1NC(=O)N(c2ccccc2NC(=O)c2cccc(-n3cnnc3)n2)C1=O. The zero-order valence-electron chi connectivity index (χ0n) is 14.7. The van der Waals surface area contributed by atoms with Gasteiger partial charge in [-0.3, -0.25) is 14.2 Å². The molecule has 1 saturated heterocycles. The second-order valence-corrected chi connectivity index (χ2v) is 6.07. The molecule has 1 fully saturated rings. The molecule has 2 aromatic heterocycles. The lowest BCUT2D eigenvalue weighted by Crippen LogP contribution is -2.32. The van der Waals surface area contributed by atoms with Crippen LogP contribution < -0.4 is 15.5 Å². The molecule has 0 spiro atoms. The van der Waals surface area contributed by atoms with Gasteiger partial charge in [-0.15, -0.1) is 10.2 Å². The molecule has 3 aromatic rings. The Morgan fingerprint density at radius 2 is 1.82 bits per heavy atom. The Morgan fingerprint density at radius 1 is 1.07 bits per heavy atom. The van der Waals surface area contributed by atoms with Gasteiger partial charge in [0.15, 0.2) is 0 Å². The summed E-state index contributed by atoms with van der Waals surface area (Å²) in [5, 5.41) is 12.7. The summed E-state index contributed by atoms with van der Waals surface area (Å²) in [4.78, 5) is 42.5. The largest absolute Gasteiger partial charge is 0.329 e. The van der Waals surface area contributed by atoms with Gasteiger partial charge in [-0.05, 0) is 31.2 Å². The fraction of sp³-hybridized carbons (Fsp3) is 0.111. The van der Waals surface area contributed by atoms with Crippen molar-refractivity contribution >= 4 is 29.2 Å². The summed E-state index contributed by atoms with van der Waals surface area (Å²) in [6.45, 7) is 1.60. The predicted octanol–water partition coefficient (Wildman–Crippen LogP) is 1.36. The first-order valence-corrected chi connectivity index (χ1v) is 8.41. The summed E-state index contributed by atoms with van der Waals surface area (Å²) in [5.74, 6) is -0.393. The molecule has 4 rings (SSSR count). The van der Waals surface area contributed by atoms with Crippen molar-refractivity contribution in [3.8, 4) is 5.82 Å². The summed E-state index contributed by atoms with van der Waals surface area (Å²) >= 11 is 0. The van der Waals surface area contributed by atoms with Gasteiger partial charge in [0.2, 0.25) is 0 Å². The Morgan fingerprint density at radius 3 is 2.54 bits per heavy atom. The molecule has 28 heavy (non-hydrogen) atoms. The summed E-state index contributed by atoms with van der Waals surface area (Å²) in [6, 6.07) is 10.4. The van der Waals surface area contributed by atoms with Crippen molar-refractivity contribution in [3.63, 3.8) is 0 Å². The Labute approximate surface area is 159 Å². The molecule has 4 amide bonds. The van der Waals surface area contributed by atoms with E-state index in [0.29, 0.717) is 11.5 Å². The first kappa shape index (κ1) is 17.3. The fourth-order valence-corrected chi connectivity index (χ4v) is 2.81. The van der Waals surface area contributed by atoms with Crippen LogP contribution in [0.1, 0.15) is 17.4 Å². The molecule has 1 aliphatic rings. The highest BCUT2D eigenvalue weighted by Gasteiger charge is 2.37. The van der Waals surface area contributed by atoms with E-state index in [1.54, 1.807) is 54.0 Å². The lowest BCUT2D eigenvalue weighted by molar-refractivity contribution is -0.117. The highest BCUT2D eigenvalue weighted by Crippen LogP contribution is 2.28. The minimum atomic E-state index is -0.626. The summed E-state index contributed by atoms with van der Waals surface area (Å²) < 4.78 is 1.57. The average molecular weight is 377 g/mol. The van der Waals surface area contributed by atoms with Crippen LogP contribution in [0, 0.1) is 0 Å². The van der Waals surface area contributed by atoms with Crippen molar-refractivity contribution in [1.29, 1.82) is 0 Å². The number of imide groups is 1. The first-order chi connectivity index (χ1) is 13.5. The van der Waals surface area contributed by atoms with Crippen LogP contribution in [0.4, 0.5) is 16.2 Å². The maximum atomic E-state index is 12.7. The topological polar surface area (TPSA) is 122 Å². The molecule has 0 bridgehead atoms. The minimum absolute atomic E-state index is 0.159. The lowest BCUT2D eigenvalue weighted by atomic mass is 10.2. The Kier molecular flexibility index (Phi) is 4.28. The van der Waals surface area contributed by atoms with Crippen molar-refractivity contribution in [2.24, 2.45) is 0 Å². The van der Waals surface area contributed by atoms with E-state index in [-0.39, 0.29) is 17.3 Å².